The number of nitrogens with one attached hydrogen (secondary N) is 2. The van der Waals surface area contributed by atoms with E-state index in [1.54, 1.807) is 13.8 Å². The molecule has 1 aromatic carbocycles. The van der Waals surface area contributed by atoms with Crippen molar-refractivity contribution >= 4 is 58.4 Å². The van der Waals surface area contributed by atoms with E-state index >= 15 is 0 Å². The molecule has 0 aliphatic rings. The molecular formula is C22H33Cl2N3O4S. The lowest BCUT2D eigenvalue weighted by Gasteiger charge is -2.24. The minimum atomic E-state index is -1.08. The van der Waals surface area contributed by atoms with Gasteiger partial charge in [-0.05, 0) is 42.0 Å². The van der Waals surface area contributed by atoms with Crippen LogP contribution in [0.25, 0.3) is 0 Å². The summed E-state index contributed by atoms with van der Waals surface area (Å²) in [4.78, 5) is 38.8. The summed E-state index contributed by atoms with van der Waals surface area (Å²) in [6, 6.07) is 5.75. The fourth-order valence-electron chi connectivity index (χ4n) is 3.10. The van der Waals surface area contributed by atoms with Gasteiger partial charge in [-0.1, -0.05) is 26.0 Å². The van der Waals surface area contributed by atoms with Crippen LogP contribution in [0.1, 0.15) is 25.8 Å². The molecule has 0 unspecified atom stereocenters. The minimum absolute atomic E-state index is 0.108. The molecule has 0 fully saturated rings. The number of amides is 2. The number of carbonyl (C=O) groups excluding carboxylic acids is 2. The summed E-state index contributed by atoms with van der Waals surface area (Å²) in [5.74, 6) is -0.496. The van der Waals surface area contributed by atoms with Crippen LogP contribution in [0, 0.1) is 5.92 Å². The molecular weight excluding hydrogens is 473 g/mol. The van der Waals surface area contributed by atoms with Crippen molar-refractivity contribution in [1.29, 1.82) is 0 Å². The number of nitrogens with zero attached hydrogens (tertiary/aromatic N) is 1. The zero-order chi connectivity index (χ0) is 24.1. The van der Waals surface area contributed by atoms with Crippen molar-refractivity contribution in [1.82, 2.24) is 10.6 Å². The largest absolute Gasteiger partial charge is 0.480 e. The maximum Gasteiger partial charge on any atom is 0.326 e. The van der Waals surface area contributed by atoms with E-state index in [2.05, 4.69) is 15.5 Å². The molecule has 0 saturated heterocycles. The Morgan fingerprint density at radius 3 is 2.12 bits per heavy atom. The number of anilines is 1. The second-order valence-electron chi connectivity index (χ2n) is 7.68. The number of hydrogen-bond acceptors (Lipinski definition) is 5. The molecule has 0 aliphatic heterocycles. The number of rotatable bonds is 15. The normalized spacial score (nSPS) is 12.8. The Morgan fingerprint density at radius 2 is 1.66 bits per heavy atom. The van der Waals surface area contributed by atoms with Gasteiger partial charge >= 0.3 is 5.97 Å². The van der Waals surface area contributed by atoms with Gasteiger partial charge in [-0.25, -0.2) is 4.79 Å². The summed E-state index contributed by atoms with van der Waals surface area (Å²) in [6.07, 6.45) is 2.30. The number of aliphatic carboxylic acids is 1. The van der Waals surface area contributed by atoms with Gasteiger partial charge in [-0.3, -0.25) is 9.59 Å². The summed E-state index contributed by atoms with van der Waals surface area (Å²) in [7, 11) is 0. The predicted molar refractivity (Wildman–Crippen MR) is 133 cm³/mol. The van der Waals surface area contributed by atoms with Crippen LogP contribution in [0.4, 0.5) is 5.69 Å². The zero-order valence-corrected chi connectivity index (χ0v) is 21.1. The quantitative estimate of drug-likeness (QED) is 0.317. The lowest BCUT2D eigenvalue weighted by Crippen LogP contribution is -2.54. The first-order valence-corrected chi connectivity index (χ1v) is 13.0. The van der Waals surface area contributed by atoms with Crippen LogP contribution >= 0.6 is 35.0 Å². The first kappa shape index (κ1) is 28.4. The fraction of sp³-hybridized carbons (Fsp3) is 0.591. The van der Waals surface area contributed by atoms with Gasteiger partial charge in [0.1, 0.15) is 12.1 Å². The number of carbonyl (C=O) groups is 3. The Balaban J connectivity index is 2.76. The average molecular weight is 506 g/mol. The zero-order valence-electron chi connectivity index (χ0n) is 18.8. The van der Waals surface area contributed by atoms with Crippen molar-refractivity contribution < 1.29 is 19.5 Å². The molecule has 2 atom stereocenters. The number of carboxylic acid groups (broad SMARTS) is 1. The molecule has 32 heavy (non-hydrogen) atoms. The number of benzene rings is 1. The summed E-state index contributed by atoms with van der Waals surface area (Å²) in [5.41, 5.74) is 1.77. The minimum Gasteiger partial charge on any atom is -0.480 e. The Kier molecular flexibility index (Phi) is 13.5. The van der Waals surface area contributed by atoms with Crippen molar-refractivity contribution in [2.24, 2.45) is 5.92 Å². The lowest BCUT2D eigenvalue weighted by molar-refractivity contribution is -0.142. The third-order valence-electron chi connectivity index (χ3n) is 4.87. The fourth-order valence-corrected chi connectivity index (χ4v) is 3.98. The summed E-state index contributed by atoms with van der Waals surface area (Å²) < 4.78 is 0. The smallest absolute Gasteiger partial charge is 0.326 e. The van der Waals surface area contributed by atoms with Crippen LogP contribution < -0.4 is 15.5 Å². The van der Waals surface area contributed by atoms with E-state index < -0.39 is 24.0 Å². The number of halogens is 2. The maximum atomic E-state index is 12.7. The van der Waals surface area contributed by atoms with Gasteiger partial charge in [0.05, 0.1) is 6.42 Å². The third-order valence-corrected chi connectivity index (χ3v) is 5.85. The van der Waals surface area contributed by atoms with Crippen molar-refractivity contribution in [2.45, 2.75) is 38.8 Å². The van der Waals surface area contributed by atoms with Crippen LogP contribution in [0.3, 0.4) is 0 Å². The molecule has 1 aromatic rings. The number of carboxylic acids is 1. The van der Waals surface area contributed by atoms with E-state index in [0.29, 0.717) is 37.0 Å². The molecule has 180 valence electrons. The number of thioether (sulfide) groups is 1. The van der Waals surface area contributed by atoms with Crippen LogP contribution in [-0.4, -0.2) is 71.8 Å². The van der Waals surface area contributed by atoms with Gasteiger partial charge in [-0.15, -0.1) is 23.2 Å². The number of alkyl halides is 2. The average Bonchev–Trinajstić information content (AvgIpc) is 2.74. The Morgan fingerprint density at radius 1 is 1.06 bits per heavy atom. The van der Waals surface area contributed by atoms with Gasteiger partial charge in [0, 0.05) is 30.5 Å². The molecule has 0 aliphatic carbocycles. The molecule has 0 bridgehead atoms. The SMILES string of the molecule is CSCC[C@@H](NC(=O)[C@@H](NC(=O)Cc1ccc(N(CCCl)CCCl)cc1)C(C)C)C(=O)O. The van der Waals surface area contributed by atoms with E-state index in [4.69, 9.17) is 23.2 Å². The first-order chi connectivity index (χ1) is 15.2. The second kappa shape index (κ2) is 15.2. The van der Waals surface area contributed by atoms with Gasteiger partial charge in [0.25, 0.3) is 0 Å². The highest BCUT2D eigenvalue weighted by Crippen LogP contribution is 2.16. The monoisotopic (exact) mass is 505 g/mol. The van der Waals surface area contributed by atoms with Crippen LogP contribution in [0.2, 0.25) is 0 Å². The van der Waals surface area contributed by atoms with E-state index in [1.807, 2.05) is 30.5 Å². The lowest BCUT2D eigenvalue weighted by atomic mass is 10.0. The summed E-state index contributed by atoms with van der Waals surface area (Å²) in [6.45, 7) is 4.96. The van der Waals surface area contributed by atoms with Crippen LogP contribution in [-0.2, 0) is 20.8 Å². The van der Waals surface area contributed by atoms with E-state index in [0.717, 1.165) is 11.3 Å². The maximum absolute atomic E-state index is 12.7. The van der Waals surface area contributed by atoms with E-state index in [-0.39, 0.29) is 18.2 Å². The summed E-state index contributed by atoms with van der Waals surface area (Å²) in [5, 5.41) is 14.6. The second-order valence-corrected chi connectivity index (χ2v) is 9.42. The standard InChI is InChI=1S/C22H33Cl2N3O4S/c1-15(2)20(21(29)25-18(22(30)31)8-13-32-3)26-19(28)14-16-4-6-17(7-5-16)27(11-9-23)12-10-24/h4-7,15,18,20H,8-14H2,1-3H3,(H,25,29)(H,26,28)(H,30,31)/t18-,20+/m1/s1. The highest BCUT2D eigenvalue weighted by Gasteiger charge is 2.28. The number of hydrogen-bond donors (Lipinski definition) is 3. The predicted octanol–water partition coefficient (Wildman–Crippen LogP) is 2.98. The highest BCUT2D eigenvalue weighted by molar-refractivity contribution is 7.98. The molecule has 1 rings (SSSR count). The topological polar surface area (TPSA) is 98.7 Å². The van der Waals surface area contributed by atoms with Crippen LogP contribution in [0.5, 0.6) is 0 Å². The van der Waals surface area contributed by atoms with Crippen molar-refractivity contribution in [3.63, 3.8) is 0 Å². The van der Waals surface area contributed by atoms with Gasteiger partial charge in [-0.2, -0.15) is 11.8 Å². The highest BCUT2D eigenvalue weighted by atomic mass is 35.5. The molecule has 0 radical (unpaired) electrons. The Hall–Kier alpha value is -1.64. The van der Waals surface area contributed by atoms with E-state index in [1.165, 1.54) is 11.8 Å². The molecule has 2 amide bonds. The Labute approximate surface area is 204 Å². The molecule has 10 heteroatoms. The van der Waals surface area contributed by atoms with Gasteiger partial charge in [0.2, 0.25) is 11.8 Å². The molecule has 0 spiro atoms. The molecule has 0 heterocycles. The molecule has 7 nitrogen and oxygen atoms in total. The first-order valence-electron chi connectivity index (χ1n) is 10.5. The van der Waals surface area contributed by atoms with Crippen molar-refractivity contribution in [3.8, 4) is 0 Å². The van der Waals surface area contributed by atoms with Gasteiger partial charge < -0.3 is 20.6 Å². The van der Waals surface area contributed by atoms with Crippen molar-refractivity contribution in [3.05, 3.63) is 29.8 Å². The van der Waals surface area contributed by atoms with Crippen LogP contribution in [0.15, 0.2) is 24.3 Å². The Bertz CT molecular complexity index is 728. The third kappa shape index (κ3) is 9.88. The van der Waals surface area contributed by atoms with E-state index in [9.17, 15) is 19.5 Å². The molecule has 3 N–H and O–H groups in total. The molecule has 0 aromatic heterocycles. The van der Waals surface area contributed by atoms with Crippen molar-refractivity contribution in [2.75, 3.05) is 41.8 Å². The summed E-state index contributed by atoms with van der Waals surface area (Å²) >= 11 is 13.2. The molecule has 0 saturated carbocycles. The van der Waals surface area contributed by atoms with Gasteiger partial charge in [0.15, 0.2) is 0 Å².